The first-order valence-electron chi connectivity index (χ1n) is 9.73. The number of nitrogens with zero attached hydrogens (tertiary/aromatic N) is 1. The molecule has 1 aliphatic rings. The van der Waals surface area contributed by atoms with Gasteiger partial charge in [-0.2, -0.15) is 0 Å². The van der Waals surface area contributed by atoms with Crippen LogP contribution < -0.4 is 5.32 Å². The fraction of sp³-hybridized carbons (Fsp3) is 0.391. The van der Waals surface area contributed by atoms with Gasteiger partial charge in [0.25, 0.3) is 5.91 Å². The van der Waals surface area contributed by atoms with Crippen molar-refractivity contribution in [2.45, 2.75) is 45.6 Å². The summed E-state index contributed by atoms with van der Waals surface area (Å²) in [4.78, 5) is 26.9. The van der Waals surface area contributed by atoms with E-state index >= 15 is 0 Å². The third-order valence-electron chi connectivity index (χ3n) is 5.47. The molecule has 142 valence electrons. The monoisotopic (exact) mass is 364 g/mol. The lowest BCUT2D eigenvalue weighted by atomic mass is 9.99. The minimum Gasteiger partial charge on any atom is -0.353 e. The van der Waals surface area contributed by atoms with Gasteiger partial charge in [-0.25, -0.2) is 0 Å². The van der Waals surface area contributed by atoms with Crippen molar-refractivity contribution < 1.29 is 9.59 Å². The fourth-order valence-electron chi connectivity index (χ4n) is 3.58. The van der Waals surface area contributed by atoms with E-state index in [0.717, 1.165) is 36.0 Å². The number of carbonyl (C=O) groups is 2. The van der Waals surface area contributed by atoms with E-state index in [1.807, 2.05) is 67.3 Å². The summed E-state index contributed by atoms with van der Waals surface area (Å²) in [6.45, 7) is 5.41. The molecule has 1 heterocycles. The van der Waals surface area contributed by atoms with E-state index in [4.69, 9.17) is 0 Å². The molecule has 2 aromatic rings. The number of hydrogen-bond acceptors (Lipinski definition) is 2. The zero-order chi connectivity index (χ0) is 19.2. The number of carbonyl (C=O) groups excluding carboxylic acids is 2. The summed E-state index contributed by atoms with van der Waals surface area (Å²) in [5, 5.41) is 3.13. The maximum Gasteiger partial charge on any atom is 0.254 e. The molecule has 4 heteroatoms. The lowest BCUT2D eigenvalue weighted by molar-refractivity contribution is -0.122. The molecule has 0 aliphatic carbocycles. The second kappa shape index (κ2) is 8.85. The fourth-order valence-corrected chi connectivity index (χ4v) is 3.58. The minimum absolute atomic E-state index is 0.0955. The molecule has 1 saturated heterocycles. The van der Waals surface area contributed by atoms with Crippen LogP contribution in [0.15, 0.2) is 48.5 Å². The van der Waals surface area contributed by atoms with Crippen molar-refractivity contribution in [2.75, 3.05) is 13.1 Å². The Bertz CT molecular complexity index is 793. The quantitative estimate of drug-likeness (QED) is 0.880. The van der Waals surface area contributed by atoms with Crippen molar-refractivity contribution in [3.63, 3.8) is 0 Å². The van der Waals surface area contributed by atoms with E-state index < -0.39 is 0 Å². The highest BCUT2D eigenvalue weighted by Gasteiger charge is 2.25. The summed E-state index contributed by atoms with van der Waals surface area (Å²) >= 11 is 0. The molecule has 1 aliphatic heterocycles. The number of amides is 2. The van der Waals surface area contributed by atoms with Gasteiger partial charge in [0.1, 0.15) is 0 Å². The zero-order valence-corrected chi connectivity index (χ0v) is 16.2. The number of aryl methyl sites for hydroxylation is 2. The second-order valence-electron chi connectivity index (χ2n) is 7.37. The van der Waals surface area contributed by atoms with Crippen molar-refractivity contribution in [3.8, 4) is 0 Å². The molecule has 0 radical (unpaired) electrons. The van der Waals surface area contributed by atoms with Crippen molar-refractivity contribution >= 4 is 11.8 Å². The first-order chi connectivity index (χ1) is 13.0. The Hall–Kier alpha value is -2.62. The van der Waals surface area contributed by atoms with E-state index in [0.29, 0.717) is 19.5 Å². The molecule has 0 atom stereocenters. The van der Waals surface area contributed by atoms with E-state index in [1.165, 1.54) is 5.56 Å². The van der Waals surface area contributed by atoms with Crippen molar-refractivity contribution in [2.24, 2.45) is 0 Å². The molecule has 0 aromatic heterocycles. The predicted octanol–water partition coefficient (Wildman–Crippen LogP) is 3.66. The number of likely N-dealkylation sites (tertiary alicyclic amines) is 1. The summed E-state index contributed by atoms with van der Waals surface area (Å²) in [5.41, 5.74) is 4.17. The minimum atomic E-state index is 0.0955. The third-order valence-corrected chi connectivity index (χ3v) is 5.47. The van der Waals surface area contributed by atoms with Crippen LogP contribution in [0, 0.1) is 13.8 Å². The molecule has 0 saturated carbocycles. The number of benzene rings is 2. The highest BCUT2D eigenvalue weighted by molar-refractivity contribution is 5.96. The Morgan fingerprint density at radius 1 is 1.00 bits per heavy atom. The van der Waals surface area contributed by atoms with Crippen LogP contribution in [0.4, 0.5) is 0 Å². The highest BCUT2D eigenvalue weighted by atomic mass is 16.2. The Morgan fingerprint density at radius 3 is 2.41 bits per heavy atom. The molecular weight excluding hydrogens is 336 g/mol. The lowest BCUT2D eigenvalue weighted by Gasteiger charge is -2.33. The summed E-state index contributed by atoms with van der Waals surface area (Å²) in [5.74, 6) is 0.197. The van der Waals surface area contributed by atoms with Gasteiger partial charge in [0.15, 0.2) is 0 Å². The standard InChI is InChI=1S/C23H28N2O2/c1-17-7-6-10-21(18(17)2)23(27)25-15-13-20(14-16-25)24-22(26)12-11-19-8-4-3-5-9-19/h3-10,20H,11-16H2,1-2H3,(H,24,26). The van der Waals surface area contributed by atoms with Gasteiger partial charge in [-0.3, -0.25) is 9.59 Å². The maximum atomic E-state index is 12.8. The molecule has 1 N–H and O–H groups in total. The molecular formula is C23H28N2O2. The molecule has 4 nitrogen and oxygen atoms in total. The van der Waals surface area contributed by atoms with Crippen LogP contribution in [0.1, 0.15) is 46.3 Å². The molecule has 3 rings (SSSR count). The average Bonchev–Trinajstić information content (AvgIpc) is 2.69. The summed E-state index contributed by atoms with van der Waals surface area (Å²) in [7, 11) is 0. The Kier molecular flexibility index (Phi) is 6.28. The van der Waals surface area contributed by atoms with Gasteiger partial charge < -0.3 is 10.2 Å². The molecule has 2 amide bonds. The van der Waals surface area contributed by atoms with E-state index in [2.05, 4.69) is 5.32 Å². The maximum absolute atomic E-state index is 12.8. The van der Waals surface area contributed by atoms with Gasteiger partial charge >= 0.3 is 0 Å². The summed E-state index contributed by atoms with van der Waals surface area (Å²) in [6, 6.07) is 16.1. The zero-order valence-electron chi connectivity index (χ0n) is 16.2. The number of rotatable bonds is 5. The van der Waals surface area contributed by atoms with Gasteiger partial charge in [-0.1, -0.05) is 42.5 Å². The topological polar surface area (TPSA) is 49.4 Å². The van der Waals surface area contributed by atoms with E-state index in [1.54, 1.807) is 0 Å². The largest absolute Gasteiger partial charge is 0.353 e. The molecule has 1 fully saturated rings. The first kappa shape index (κ1) is 19.2. The van der Waals surface area contributed by atoms with Gasteiger partial charge in [0.2, 0.25) is 5.91 Å². The van der Waals surface area contributed by atoms with Crippen molar-refractivity contribution in [3.05, 3.63) is 70.8 Å². The Morgan fingerprint density at radius 2 is 1.70 bits per heavy atom. The van der Waals surface area contributed by atoms with Crippen LogP contribution in [0.2, 0.25) is 0 Å². The van der Waals surface area contributed by atoms with Crippen LogP contribution in [-0.2, 0) is 11.2 Å². The number of piperidine rings is 1. The van der Waals surface area contributed by atoms with Crippen LogP contribution in [0.3, 0.4) is 0 Å². The van der Waals surface area contributed by atoms with Crippen molar-refractivity contribution in [1.29, 1.82) is 0 Å². The molecule has 2 aromatic carbocycles. The normalized spacial score (nSPS) is 14.8. The van der Waals surface area contributed by atoms with Crippen LogP contribution in [0.25, 0.3) is 0 Å². The van der Waals surface area contributed by atoms with Crippen molar-refractivity contribution in [1.82, 2.24) is 10.2 Å². The smallest absolute Gasteiger partial charge is 0.254 e. The number of hydrogen-bond donors (Lipinski definition) is 1. The SMILES string of the molecule is Cc1cccc(C(=O)N2CCC(NC(=O)CCc3ccccc3)CC2)c1C. The average molecular weight is 364 g/mol. The Balaban J connectivity index is 1.46. The highest BCUT2D eigenvalue weighted by Crippen LogP contribution is 2.18. The molecule has 0 bridgehead atoms. The van der Waals surface area contributed by atoms with Gasteiger partial charge in [0.05, 0.1) is 0 Å². The first-order valence-corrected chi connectivity index (χ1v) is 9.73. The van der Waals surface area contributed by atoms with Gasteiger partial charge in [0, 0.05) is 31.1 Å². The van der Waals surface area contributed by atoms with E-state index in [-0.39, 0.29) is 17.9 Å². The molecule has 0 unspecified atom stereocenters. The lowest BCUT2D eigenvalue weighted by Crippen LogP contribution is -2.46. The van der Waals surface area contributed by atoms with Crippen LogP contribution >= 0.6 is 0 Å². The van der Waals surface area contributed by atoms with Crippen LogP contribution in [-0.4, -0.2) is 35.8 Å². The second-order valence-corrected chi connectivity index (χ2v) is 7.37. The van der Waals surface area contributed by atoms with Gasteiger partial charge in [-0.15, -0.1) is 0 Å². The summed E-state index contributed by atoms with van der Waals surface area (Å²) < 4.78 is 0. The summed E-state index contributed by atoms with van der Waals surface area (Å²) in [6.07, 6.45) is 2.89. The number of nitrogens with one attached hydrogen (secondary N) is 1. The predicted molar refractivity (Wildman–Crippen MR) is 108 cm³/mol. The Labute approximate surface area is 161 Å². The molecule has 27 heavy (non-hydrogen) atoms. The van der Waals surface area contributed by atoms with Gasteiger partial charge in [-0.05, 0) is 55.9 Å². The third kappa shape index (κ3) is 4.97. The molecule has 0 spiro atoms. The van der Waals surface area contributed by atoms with Crippen LogP contribution in [0.5, 0.6) is 0 Å². The van der Waals surface area contributed by atoms with E-state index in [9.17, 15) is 9.59 Å².